The summed E-state index contributed by atoms with van der Waals surface area (Å²) in [5.41, 5.74) is 5.44. The van der Waals surface area contributed by atoms with Gasteiger partial charge in [0.2, 0.25) is 5.91 Å². The Morgan fingerprint density at radius 3 is 2.63 bits per heavy atom. The van der Waals surface area contributed by atoms with Gasteiger partial charge >= 0.3 is 0 Å². The van der Waals surface area contributed by atoms with Crippen molar-refractivity contribution in [2.75, 3.05) is 6.54 Å². The summed E-state index contributed by atoms with van der Waals surface area (Å²) in [5.74, 6) is -0.427. The first kappa shape index (κ1) is 15.9. The van der Waals surface area contributed by atoms with Gasteiger partial charge < -0.3 is 15.4 Å². The van der Waals surface area contributed by atoms with E-state index in [1.54, 1.807) is 6.92 Å². The van der Waals surface area contributed by atoms with Gasteiger partial charge in [-0.05, 0) is 27.7 Å². The summed E-state index contributed by atoms with van der Waals surface area (Å²) in [7, 11) is 0. The van der Waals surface area contributed by atoms with Crippen molar-refractivity contribution in [3.8, 4) is 6.07 Å². The van der Waals surface area contributed by atoms with Crippen LogP contribution in [0.25, 0.3) is 0 Å². The number of carbonyl (C=O) groups excluding carboxylic acids is 1. The van der Waals surface area contributed by atoms with Crippen LogP contribution in [0.2, 0.25) is 0 Å². The van der Waals surface area contributed by atoms with E-state index in [1.165, 1.54) is 4.90 Å². The summed E-state index contributed by atoms with van der Waals surface area (Å²) in [6.45, 7) is 7.25. The van der Waals surface area contributed by atoms with Crippen molar-refractivity contribution < 1.29 is 13.9 Å². The third kappa shape index (κ3) is 4.15. The Balaban J connectivity index is 2.69. The first-order chi connectivity index (χ1) is 8.65. The fraction of sp³-hybridized carbons (Fsp3) is 0.846. The smallest absolute Gasteiger partial charge is 0.243 e. The minimum absolute atomic E-state index is 0.0590. The Morgan fingerprint density at radius 1 is 1.58 bits per heavy atom. The van der Waals surface area contributed by atoms with Crippen LogP contribution >= 0.6 is 0 Å². The topological polar surface area (TPSA) is 79.3 Å². The van der Waals surface area contributed by atoms with E-state index >= 15 is 0 Å². The van der Waals surface area contributed by atoms with Gasteiger partial charge in [0, 0.05) is 6.42 Å². The van der Waals surface area contributed by atoms with Crippen molar-refractivity contribution in [1.29, 1.82) is 5.26 Å². The molecule has 0 spiro atoms. The first-order valence-electron chi connectivity index (χ1n) is 6.43. The van der Waals surface area contributed by atoms with Crippen LogP contribution in [-0.2, 0) is 9.53 Å². The van der Waals surface area contributed by atoms with Crippen LogP contribution in [0.5, 0.6) is 0 Å². The van der Waals surface area contributed by atoms with Gasteiger partial charge in [0.1, 0.15) is 18.3 Å². The molecule has 0 saturated carbocycles. The van der Waals surface area contributed by atoms with Crippen molar-refractivity contribution >= 4 is 5.91 Å². The number of carbonyl (C=O) groups is 1. The highest BCUT2D eigenvalue weighted by Gasteiger charge is 2.39. The highest BCUT2D eigenvalue weighted by Crippen LogP contribution is 2.22. The Bertz CT molecular complexity index is 375. The molecule has 1 heterocycles. The third-order valence-electron chi connectivity index (χ3n) is 3.01. The Labute approximate surface area is 113 Å². The fourth-order valence-electron chi connectivity index (χ4n) is 2.17. The number of ether oxygens (including phenoxy) is 1. The quantitative estimate of drug-likeness (QED) is 0.830. The standard InChI is InChI=1S/C13H22FN3O2/c1-8(19-13(2,3)4)11(16)12(18)17-7-9(14)5-10(17)6-15/h8-11H,5,7,16H2,1-4H3/t8-,9+,10+,11+/m1/s1. The Hall–Kier alpha value is -1.19. The lowest BCUT2D eigenvalue weighted by atomic mass is 10.1. The molecule has 5 nitrogen and oxygen atoms in total. The van der Waals surface area contributed by atoms with E-state index in [0.717, 1.165) is 0 Å². The number of amides is 1. The zero-order valence-corrected chi connectivity index (χ0v) is 11.9. The van der Waals surface area contributed by atoms with Crippen LogP contribution in [0.15, 0.2) is 0 Å². The van der Waals surface area contributed by atoms with E-state index in [9.17, 15) is 9.18 Å². The molecule has 0 aromatic carbocycles. The van der Waals surface area contributed by atoms with Crippen LogP contribution in [0, 0.1) is 11.3 Å². The molecule has 2 N–H and O–H groups in total. The average molecular weight is 271 g/mol. The van der Waals surface area contributed by atoms with Crippen molar-refractivity contribution in [2.45, 2.75) is 64.1 Å². The minimum Gasteiger partial charge on any atom is -0.371 e. The van der Waals surface area contributed by atoms with Gasteiger partial charge in [-0.1, -0.05) is 0 Å². The molecule has 0 aromatic rings. The molecule has 1 amide bonds. The van der Waals surface area contributed by atoms with Crippen molar-refractivity contribution in [1.82, 2.24) is 4.90 Å². The summed E-state index contributed by atoms with van der Waals surface area (Å²) in [4.78, 5) is 13.4. The second-order valence-electron chi connectivity index (χ2n) is 5.93. The van der Waals surface area contributed by atoms with Crippen LogP contribution in [0.3, 0.4) is 0 Å². The molecule has 0 aliphatic carbocycles. The number of nitriles is 1. The van der Waals surface area contributed by atoms with Gasteiger partial charge in [-0.3, -0.25) is 4.79 Å². The minimum atomic E-state index is -1.15. The Kier molecular flexibility index (Phi) is 4.88. The van der Waals surface area contributed by atoms with Gasteiger partial charge in [0.15, 0.2) is 0 Å². The number of likely N-dealkylation sites (tertiary alicyclic amines) is 1. The SMILES string of the molecule is C[C@@H](OC(C)(C)C)[C@H](N)C(=O)N1C[C@@H](F)C[C@H]1C#N. The van der Waals surface area contributed by atoms with E-state index < -0.39 is 35.9 Å². The van der Waals surface area contributed by atoms with Crippen LogP contribution < -0.4 is 5.73 Å². The Morgan fingerprint density at radius 2 is 2.16 bits per heavy atom. The van der Waals surface area contributed by atoms with Crippen LogP contribution in [0.4, 0.5) is 4.39 Å². The van der Waals surface area contributed by atoms with Crippen LogP contribution in [-0.4, -0.2) is 47.3 Å². The maximum Gasteiger partial charge on any atom is 0.243 e. The van der Waals surface area contributed by atoms with Gasteiger partial charge in [-0.2, -0.15) is 5.26 Å². The maximum absolute atomic E-state index is 13.3. The second kappa shape index (κ2) is 5.85. The second-order valence-corrected chi connectivity index (χ2v) is 5.93. The zero-order chi connectivity index (χ0) is 14.8. The largest absolute Gasteiger partial charge is 0.371 e. The molecule has 0 radical (unpaired) electrons. The predicted molar refractivity (Wildman–Crippen MR) is 68.9 cm³/mol. The highest BCUT2D eigenvalue weighted by molar-refractivity contribution is 5.83. The molecular weight excluding hydrogens is 249 g/mol. The molecule has 1 aliphatic rings. The molecule has 19 heavy (non-hydrogen) atoms. The van der Waals surface area contributed by atoms with Gasteiger partial charge in [-0.25, -0.2) is 4.39 Å². The molecule has 4 atom stereocenters. The molecule has 0 unspecified atom stereocenters. The molecule has 0 aromatic heterocycles. The number of hydrogen-bond acceptors (Lipinski definition) is 4. The fourth-order valence-corrected chi connectivity index (χ4v) is 2.17. The number of halogens is 1. The molecular formula is C13H22FN3O2. The molecule has 6 heteroatoms. The zero-order valence-electron chi connectivity index (χ0n) is 11.9. The number of hydrogen-bond donors (Lipinski definition) is 1. The average Bonchev–Trinajstić information content (AvgIpc) is 2.66. The van der Waals surface area contributed by atoms with E-state index in [0.29, 0.717) is 0 Å². The summed E-state index contributed by atoms with van der Waals surface area (Å²) in [5, 5.41) is 8.93. The van der Waals surface area contributed by atoms with Crippen LogP contribution in [0.1, 0.15) is 34.1 Å². The molecule has 1 rings (SSSR count). The van der Waals surface area contributed by atoms with Gasteiger partial charge in [0.25, 0.3) is 0 Å². The van der Waals surface area contributed by atoms with Crippen molar-refractivity contribution in [2.24, 2.45) is 5.73 Å². The maximum atomic E-state index is 13.3. The monoisotopic (exact) mass is 271 g/mol. The lowest BCUT2D eigenvalue weighted by molar-refractivity contribution is -0.139. The summed E-state index contributed by atoms with van der Waals surface area (Å²) in [6.07, 6.45) is -1.59. The number of nitrogens with two attached hydrogens (primary N) is 1. The van der Waals surface area contributed by atoms with E-state index in [-0.39, 0.29) is 13.0 Å². The van der Waals surface area contributed by atoms with Crippen molar-refractivity contribution in [3.05, 3.63) is 0 Å². The lowest BCUT2D eigenvalue weighted by Gasteiger charge is -2.31. The highest BCUT2D eigenvalue weighted by atomic mass is 19.1. The summed E-state index contributed by atoms with van der Waals surface area (Å²) in [6, 6.07) is 0.321. The predicted octanol–water partition coefficient (Wildman–Crippen LogP) is 0.980. The summed E-state index contributed by atoms with van der Waals surface area (Å²) < 4.78 is 18.9. The molecule has 1 saturated heterocycles. The normalized spacial score (nSPS) is 26.9. The van der Waals surface area contributed by atoms with Gasteiger partial charge in [-0.15, -0.1) is 0 Å². The number of alkyl halides is 1. The van der Waals surface area contributed by atoms with E-state index in [1.807, 2.05) is 26.8 Å². The summed E-state index contributed by atoms with van der Waals surface area (Å²) >= 11 is 0. The van der Waals surface area contributed by atoms with E-state index in [4.69, 9.17) is 15.7 Å². The molecule has 0 bridgehead atoms. The number of nitrogens with zero attached hydrogens (tertiary/aromatic N) is 2. The molecule has 108 valence electrons. The van der Waals surface area contributed by atoms with Gasteiger partial charge in [0.05, 0.1) is 24.3 Å². The molecule has 1 aliphatic heterocycles. The third-order valence-corrected chi connectivity index (χ3v) is 3.01. The lowest BCUT2D eigenvalue weighted by Crippen LogP contribution is -2.52. The van der Waals surface area contributed by atoms with E-state index in [2.05, 4.69) is 0 Å². The molecule has 1 fully saturated rings. The number of rotatable bonds is 3. The first-order valence-corrected chi connectivity index (χ1v) is 6.43. The van der Waals surface area contributed by atoms with Crippen molar-refractivity contribution in [3.63, 3.8) is 0 Å².